The zero-order valence-corrected chi connectivity index (χ0v) is 10.4. The van der Waals surface area contributed by atoms with Gasteiger partial charge in [0.2, 0.25) is 0 Å². The lowest BCUT2D eigenvalue weighted by Gasteiger charge is -2.20. The molecule has 0 aromatic carbocycles. The van der Waals surface area contributed by atoms with E-state index in [1.165, 1.54) is 0 Å². The van der Waals surface area contributed by atoms with Crippen LogP contribution < -0.4 is 15.2 Å². The van der Waals surface area contributed by atoms with E-state index in [1.54, 1.807) is 20.8 Å². The molecule has 0 bridgehead atoms. The van der Waals surface area contributed by atoms with E-state index in [1.807, 2.05) is 0 Å². The van der Waals surface area contributed by atoms with Gasteiger partial charge in [0.15, 0.2) is 0 Å². The molecule has 0 rings (SSSR count). The lowest BCUT2D eigenvalue weighted by atomic mass is 10.1. The van der Waals surface area contributed by atoms with E-state index in [0.29, 0.717) is 19.8 Å². The van der Waals surface area contributed by atoms with Gasteiger partial charge < -0.3 is 10.5 Å². The number of rotatable bonds is 7. The Labute approximate surface area is 91.7 Å². The number of nitrogens with two attached hydrogens (primary N) is 1. The monoisotopic (exact) mass is 239 g/mol. The van der Waals surface area contributed by atoms with Crippen molar-refractivity contribution in [3.63, 3.8) is 0 Å². The van der Waals surface area contributed by atoms with Crippen LogP contribution in [0.15, 0.2) is 0 Å². The van der Waals surface area contributed by atoms with Crippen molar-refractivity contribution in [3.05, 3.63) is 0 Å². The van der Waals surface area contributed by atoms with Crippen LogP contribution >= 0.6 is 0 Å². The van der Waals surface area contributed by atoms with E-state index >= 15 is 0 Å². The van der Waals surface area contributed by atoms with Crippen molar-refractivity contribution in [3.8, 4) is 0 Å². The van der Waals surface area contributed by atoms with Gasteiger partial charge in [0.05, 0.1) is 13.2 Å². The van der Waals surface area contributed by atoms with Gasteiger partial charge in [-0.1, -0.05) is 0 Å². The van der Waals surface area contributed by atoms with Gasteiger partial charge in [0, 0.05) is 18.6 Å². The summed E-state index contributed by atoms with van der Waals surface area (Å²) in [7, 11) is -3.44. The highest BCUT2D eigenvalue weighted by Gasteiger charge is 2.18. The smallest absolute Gasteiger partial charge is 0.277 e. The minimum absolute atomic E-state index is 0.241. The standard InChI is InChI=1S/C8H21N3O3S/c1-8(2,3)11-15(12,13)10-5-7-14-6-4-9/h10-11H,4-7,9H2,1-3H3. The lowest BCUT2D eigenvalue weighted by Crippen LogP contribution is -2.47. The fourth-order valence-electron chi connectivity index (χ4n) is 0.873. The molecule has 4 N–H and O–H groups in total. The molecule has 0 unspecified atom stereocenters. The van der Waals surface area contributed by atoms with Gasteiger partial charge in [-0.15, -0.1) is 0 Å². The van der Waals surface area contributed by atoms with Crippen LogP contribution in [0.25, 0.3) is 0 Å². The van der Waals surface area contributed by atoms with Gasteiger partial charge >= 0.3 is 0 Å². The number of hydrogen-bond acceptors (Lipinski definition) is 4. The highest BCUT2D eigenvalue weighted by Crippen LogP contribution is 1.99. The molecule has 92 valence electrons. The van der Waals surface area contributed by atoms with Gasteiger partial charge in [0.25, 0.3) is 10.2 Å². The first-order valence-corrected chi connectivity index (χ1v) is 6.31. The predicted molar refractivity (Wildman–Crippen MR) is 59.7 cm³/mol. The average molecular weight is 239 g/mol. The summed E-state index contributed by atoms with van der Waals surface area (Å²) in [6.07, 6.45) is 0. The maximum absolute atomic E-state index is 11.4. The molecule has 0 aliphatic carbocycles. The van der Waals surface area contributed by atoms with Crippen LogP contribution in [0.4, 0.5) is 0 Å². The second kappa shape index (κ2) is 6.39. The summed E-state index contributed by atoms with van der Waals surface area (Å²) in [4.78, 5) is 0. The molecule has 0 saturated heterocycles. The van der Waals surface area contributed by atoms with E-state index in [4.69, 9.17) is 10.5 Å². The summed E-state index contributed by atoms with van der Waals surface area (Å²) in [5, 5.41) is 0. The highest BCUT2D eigenvalue weighted by atomic mass is 32.2. The van der Waals surface area contributed by atoms with Crippen molar-refractivity contribution < 1.29 is 13.2 Å². The molecule has 0 fully saturated rings. The molecule has 0 aliphatic rings. The first-order valence-electron chi connectivity index (χ1n) is 4.83. The third-order valence-corrected chi connectivity index (χ3v) is 2.71. The molecule has 6 nitrogen and oxygen atoms in total. The maximum Gasteiger partial charge on any atom is 0.277 e. The van der Waals surface area contributed by atoms with Crippen LogP contribution in [0.3, 0.4) is 0 Å². The maximum atomic E-state index is 11.4. The zero-order chi connectivity index (χ0) is 11.9. The lowest BCUT2D eigenvalue weighted by molar-refractivity contribution is 0.147. The minimum Gasteiger partial charge on any atom is -0.379 e. The molecular weight excluding hydrogens is 218 g/mol. The van der Waals surface area contributed by atoms with Crippen molar-refractivity contribution >= 4 is 10.2 Å². The number of hydrogen-bond donors (Lipinski definition) is 3. The molecule has 0 saturated carbocycles. The molecule has 15 heavy (non-hydrogen) atoms. The van der Waals surface area contributed by atoms with Gasteiger partial charge in [0.1, 0.15) is 0 Å². The Kier molecular flexibility index (Phi) is 6.30. The van der Waals surface area contributed by atoms with E-state index in [2.05, 4.69) is 9.44 Å². The first-order chi connectivity index (χ1) is 6.77. The zero-order valence-electron chi connectivity index (χ0n) is 9.54. The van der Waals surface area contributed by atoms with Crippen LogP contribution in [0, 0.1) is 0 Å². The normalized spacial score (nSPS) is 13.1. The second-order valence-corrected chi connectivity index (χ2v) is 5.65. The summed E-state index contributed by atoms with van der Waals surface area (Å²) in [6.45, 7) is 6.76. The van der Waals surface area contributed by atoms with Gasteiger partial charge in [-0.05, 0) is 20.8 Å². The van der Waals surface area contributed by atoms with E-state index < -0.39 is 15.7 Å². The molecule has 0 atom stereocenters. The highest BCUT2D eigenvalue weighted by molar-refractivity contribution is 7.87. The van der Waals surface area contributed by atoms with Crippen molar-refractivity contribution in [1.82, 2.24) is 9.44 Å². The Morgan fingerprint density at radius 3 is 2.33 bits per heavy atom. The minimum atomic E-state index is -3.44. The summed E-state index contributed by atoms with van der Waals surface area (Å²) in [6, 6.07) is 0. The van der Waals surface area contributed by atoms with Crippen molar-refractivity contribution in [2.45, 2.75) is 26.3 Å². The predicted octanol–water partition coefficient (Wildman–Crippen LogP) is -0.816. The van der Waals surface area contributed by atoms with Crippen LogP contribution in [-0.4, -0.2) is 40.3 Å². The SMILES string of the molecule is CC(C)(C)NS(=O)(=O)NCCOCCN. The molecule has 0 aliphatic heterocycles. The molecule has 0 aromatic rings. The third kappa shape index (κ3) is 10.1. The topological polar surface area (TPSA) is 93.5 Å². The largest absolute Gasteiger partial charge is 0.379 e. The fourth-order valence-corrected chi connectivity index (χ4v) is 2.10. The van der Waals surface area contributed by atoms with E-state index in [-0.39, 0.29) is 6.54 Å². The molecule has 0 aromatic heterocycles. The molecule has 0 amide bonds. The molecule has 7 heteroatoms. The van der Waals surface area contributed by atoms with Crippen LogP contribution in [-0.2, 0) is 14.9 Å². The molecule has 0 spiro atoms. The third-order valence-electron chi connectivity index (χ3n) is 1.24. The van der Waals surface area contributed by atoms with Crippen molar-refractivity contribution in [2.75, 3.05) is 26.3 Å². The van der Waals surface area contributed by atoms with Crippen LogP contribution in [0.1, 0.15) is 20.8 Å². The van der Waals surface area contributed by atoms with Gasteiger partial charge in [-0.2, -0.15) is 17.9 Å². The fraction of sp³-hybridized carbons (Fsp3) is 1.00. The molecule has 0 heterocycles. The summed E-state index contributed by atoms with van der Waals surface area (Å²) < 4.78 is 32.6. The average Bonchev–Trinajstić information content (AvgIpc) is 1.99. The Balaban J connectivity index is 3.76. The van der Waals surface area contributed by atoms with Gasteiger partial charge in [-0.3, -0.25) is 0 Å². The Hall–Kier alpha value is -0.210. The second-order valence-electron chi connectivity index (χ2n) is 4.15. The molecule has 0 radical (unpaired) electrons. The molecular formula is C8H21N3O3S. The summed E-state index contributed by atoms with van der Waals surface area (Å²) in [5.74, 6) is 0. The van der Waals surface area contributed by atoms with Crippen molar-refractivity contribution in [2.24, 2.45) is 5.73 Å². The quantitative estimate of drug-likeness (QED) is 0.506. The Bertz CT molecular complexity index is 259. The van der Waals surface area contributed by atoms with Gasteiger partial charge in [-0.25, -0.2) is 0 Å². The van der Waals surface area contributed by atoms with Crippen LogP contribution in [0.2, 0.25) is 0 Å². The first kappa shape index (κ1) is 14.8. The van der Waals surface area contributed by atoms with Crippen molar-refractivity contribution in [1.29, 1.82) is 0 Å². The Morgan fingerprint density at radius 2 is 1.87 bits per heavy atom. The summed E-state index contributed by atoms with van der Waals surface area (Å²) >= 11 is 0. The summed E-state index contributed by atoms with van der Waals surface area (Å²) in [5.41, 5.74) is 4.72. The van der Waals surface area contributed by atoms with E-state index in [0.717, 1.165) is 0 Å². The Morgan fingerprint density at radius 1 is 1.27 bits per heavy atom. The number of ether oxygens (including phenoxy) is 1. The van der Waals surface area contributed by atoms with Crippen LogP contribution in [0.5, 0.6) is 0 Å². The van der Waals surface area contributed by atoms with E-state index in [9.17, 15) is 8.42 Å². The number of nitrogens with one attached hydrogen (secondary N) is 2.